The van der Waals surface area contributed by atoms with E-state index in [9.17, 15) is 0 Å². The molecular formula is C14H19BrN2S. The minimum Gasteiger partial charge on any atom is -0.334 e. The second-order valence-corrected chi connectivity index (χ2v) is 6.88. The average Bonchev–Trinajstić information content (AvgIpc) is 2.72. The molecule has 2 rings (SSSR count). The Kier molecular flexibility index (Phi) is 4.73. The standard InChI is InChI=1S/C14H19BrN2S/c1-4-5-11-8-16-14(18-11)17-13-10(3)6-9(2)7-12(13)15/h6-7,11H,4-5,8H2,1-3H3,(H,16,17). The zero-order chi connectivity index (χ0) is 13.1. The lowest BCUT2D eigenvalue weighted by molar-refractivity contribution is 0.754. The Bertz CT molecular complexity index is 448. The van der Waals surface area contributed by atoms with Gasteiger partial charge in [-0.2, -0.15) is 0 Å². The first kappa shape index (κ1) is 13.9. The van der Waals surface area contributed by atoms with Crippen LogP contribution in [0, 0.1) is 13.8 Å². The van der Waals surface area contributed by atoms with E-state index in [0.29, 0.717) is 5.25 Å². The van der Waals surface area contributed by atoms with Crippen LogP contribution >= 0.6 is 27.7 Å². The van der Waals surface area contributed by atoms with Crippen LogP contribution in [0.5, 0.6) is 0 Å². The van der Waals surface area contributed by atoms with Gasteiger partial charge in [-0.25, -0.2) is 0 Å². The maximum atomic E-state index is 4.58. The molecule has 4 heteroatoms. The van der Waals surface area contributed by atoms with Crippen molar-refractivity contribution >= 4 is 38.5 Å². The van der Waals surface area contributed by atoms with E-state index in [1.165, 1.54) is 24.0 Å². The predicted molar refractivity (Wildman–Crippen MR) is 85.8 cm³/mol. The van der Waals surface area contributed by atoms with Gasteiger partial charge >= 0.3 is 0 Å². The van der Waals surface area contributed by atoms with Crippen LogP contribution in [0.4, 0.5) is 5.69 Å². The third-order valence-corrected chi connectivity index (χ3v) is 4.79. The van der Waals surface area contributed by atoms with Crippen molar-refractivity contribution in [2.45, 2.75) is 38.9 Å². The number of benzene rings is 1. The monoisotopic (exact) mass is 326 g/mol. The van der Waals surface area contributed by atoms with Crippen molar-refractivity contribution in [3.63, 3.8) is 0 Å². The minimum absolute atomic E-state index is 0.655. The average molecular weight is 327 g/mol. The third kappa shape index (κ3) is 3.29. The highest BCUT2D eigenvalue weighted by atomic mass is 79.9. The van der Waals surface area contributed by atoms with Crippen LogP contribution in [-0.2, 0) is 0 Å². The first-order valence-corrected chi connectivity index (χ1v) is 8.02. The summed E-state index contributed by atoms with van der Waals surface area (Å²) in [5, 5.41) is 5.17. The van der Waals surface area contributed by atoms with E-state index in [1.54, 1.807) is 0 Å². The zero-order valence-electron chi connectivity index (χ0n) is 11.1. The molecule has 1 atom stereocenters. The fraction of sp³-hybridized carbons (Fsp3) is 0.500. The third-order valence-electron chi connectivity index (χ3n) is 2.99. The number of aryl methyl sites for hydroxylation is 2. The summed E-state index contributed by atoms with van der Waals surface area (Å²) in [7, 11) is 0. The van der Waals surface area contributed by atoms with Crippen LogP contribution in [-0.4, -0.2) is 17.0 Å². The summed E-state index contributed by atoms with van der Waals surface area (Å²) in [4.78, 5) is 4.58. The van der Waals surface area contributed by atoms with Crippen molar-refractivity contribution in [1.29, 1.82) is 0 Å². The molecule has 1 heterocycles. The SMILES string of the molecule is CCCC1CN=C(Nc2c(C)cc(C)cc2Br)S1. The van der Waals surface area contributed by atoms with Crippen molar-refractivity contribution in [2.24, 2.45) is 4.99 Å². The Morgan fingerprint density at radius 3 is 2.89 bits per heavy atom. The lowest BCUT2D eigenvalue weighted by Crippen LogP contribution is -2.09. The van der Waals surface area contributed by atoms with Crippen molar-refractivity contribution in [1.82, 2.24) is 0 Å². The van der Waals surface area contributed by atoms with E-state index >= 15 is 0 Å². The summed E-state index contributed by atoms with van der Waals surface area (Å²) in [5.41, 5.74) is 3.67. The van der Waals surface area contributed by atoms with Gasteiger partial charge in [-0.3, -0.25) is 4.99 Å². The molecule has 0 fully saturated rings. The van der Waals surface area contributed by atoms with Crippen molar-refractivity contribution < 1.29 is 0 Å². The highest BCUT2D eigenvalue weighted by molar-refractivity contribution is 9.10. The number of nitrogens with zero attached hydrogens (tertiary/aromatic N) is 1. The summed E-state index contributed by atoms with van der Waals surface area (Å²) in [6.07, 6.45) is 2.47. The number of aliphatic imine (C=N–C) groups is 1. The highest BCUT2D eigenvalue weighted by Gasteiger charge is 2.19. The predicted octanol–water partition coefficient (Wildman–Crippen LogP) is 4.75. The molecule has 18 heavy (non-hydrogen) atoms. The fourth-order valence-corrected chi connectivity index (χ4v) is 4.04. The van der Waals surface area contributed by atoms with E-state index in [4.69, 9.17) is 0 Å². The van der Waals surface area contributed by atoms with E-state index < -0.39 is 0 Å². The van der Waals surface area contributed by atoms with Gasteiger partial charge in [0.1, 0.15) is 0 Å². The van der Waals surface area contributed by atoms with Crippen LogP contribution < -0.4 is 5.32 Å². The van der Waals surface area contributed by atoms with Gasteiger partial charge in [-0.1, -0.05) is 31.2 Å². The van der Waals surface area contributed by atoms with Crippen molar-refractivity contribution in [3.8, 4) is 0 Å². The van der Waals surface area contributed by atoms with Crippen LogP contribution in [0.3, 0.4) is 0 Å². The van der Waals surface area contributed by atoms with Crippen LogP contribution in [0.15, 0.2) is 21.6 Å². The summed E-state index contributed by atoms with van der Waals surface area (Å²) in [6, 6.07) is 4.33. The highest BCUT2D eigenvalue weighted by Crippen LogP contribution is 2.31. The molecule has 1 aromatic rings. The number of rotatable bonds is 3. The Hall–Kier alpha value is -0.480. The molecule has 0 saturated carbocycles. The zero-order valence-corrected chi connectivity index (χ0v) is 13.5. The lowest BCUT2D eigenvalue weighted by atomic mass is 10.1. The van der Waals surface area contributed by atoms with Gasteiger partial charge in [0.05, 0.1) is 12.2 Å². The molecule has 2 nitrogen and oxygen atoms in total. The number of nitrogens with one attached hydrogen (secondary N) is 1. The fourth-order valence-electron chi connectivity index (χ4n) is 2.14. The Balaban J connectivity index is 2.07. The summed E-state index contributed by atoms with van der Waals surface area (Å²) in [5.74, 6) is 0. The normalized spacial score (nSPS) is 18.9. The molecule has 0 saturated heterocycles. The Morgan fingerprint density at radius 1 is 1.44 bits per heavy atom. The van der Waals surface area contributed by atoms with Gasteiger partial charge in [0.2, 0.25) is 0 Å². The van der Waals surface area contributed by atoms with Gasteiger partial charge in [-0.15, -0.1) is 0 Å². The molecule has 0 amide bonds. The van der Waals surface area contributed by atoms with E-state index in [2.05, 4.69) is 59.1 Å². The second kappa shape index (κ2) is 6.11. The van der Waals surface area contributed by atoms with E-state index in [1.807, 2.05) is 11.8 Å². The molecule has 1 aromatic carbocycles. The molecule has 98 valence electrons. The van der Waals surface area contributed by atoms with Gasteiger partial charge in [0, 0.05) is 9.72 Å². The van der Waals surface area contributed by atoms with Crippen molar-refractivity contribution in [3.05, 3.63) is 27.7 Å². The molecule has 0 radical (unpaired) electrons. The van der Waals surface area contributed by atoms with E-state index in [0.717, 1.165) is 21.9 Å². The lowest BCUT2D eigenvalue weighted by Gasteiger charge is -2.13. The van der Waals surface area contributed by atoms with Gasteiger partial charge < -0.3 is 5.32 Å². The molecule has 0 aliphatic carbocycles. The number of amidine groups is 1. The minimum atomic E-state index is 0.655. The summed E-state index contributed by atoms with van der Waals surface area (Å²) >= 11 is 5.49. The number of halogens is 1. The van der Waals surface area contributed by atoms with Crippen LogP contribution in [0.25, 0.3) is 0 Å². The van der Waals surface area contributed by atoms with Crippen LogP contribution in [0.2, 0.25) is 0 Å². The van der Waals surface area contributed by atoms with Gasteiger partial charge in [0.25, 0.3) is 0 Å². The number of thioether (sulfide) groups is 1. The number of anilines is 1. The number of hydrogen-bond donors (Lipinski definition) is 1. The van der Waals surface area contributed by atoms with Gasteiger partial charge in [0.15, 0.2) is 5.17 Å². The topological polar surface area (TPSA) is 24.4 Å². The molecule has 1 aliphatic heterocycles. The molecule has 0 aromatic heterocycles. The molecule has 0 spiro atoms. The maximum absolute atomic E-state index is 4.58. The molecular weight excluding hydrogens is 308 g/mol. The Morgan fingerprint density at radius 2 is 2.22 bits per heavy atom. The largest absolute Gasteiger partial charge is 0.334 e. The first-order chi connectivity index (χ1) is 8.60. The molecule has 1 unspecified atom stereocenters. The van der Waals surface area contributed by atoms with Crippen molar-refractivity contribution in [2.75, 3.05) is 11.9 Å². The maximum Gasteiger partial charge on any atom is 0.161 e. The molecule has 0 bridgehead atoms. The Labute approximate surface area is 122 Å². The molecule has 1 aliphatic rings. The smallest absolute Gasteiger partial charge is 0.161 e. The summed E-state index contributed by atoms with van der Waals surface area (Å²) in [6.45, 7) is 7.42. The first-order valence-electron chi connectivity index (χ1n) is 6.35. The summed E-state index contributed by atoms with van der Waals surface area (Å²) < 4.78 is 1.11. The number of hydrogen-bond acceptors (Lipinski definition) is 3. The second-order valence-electron chi connectivity index (χ2n) is 4.74. The van der Waals surface area contributed by atoms with E-state index in [-0.39, 0.29) is 0 Å². The van der Waals surface area contributed by atoms with Crippen LogP contribution in [0.1, 0.15) is 30.9 Å². The molecule has 1 N–H and O–H groups in total. The van der Waals surface area contributed by atoms with Gasteiger partial charge in [-0.05, 0) is 53.4 Å². The quantitative estimate of drug-likeness (QED) is 0.866.